The van der Waals surface area contributed by atoms with Gasteiger partial charge in [-0.25, -0.2) is 0 Å². The minimum atomic E-state index is -4.71. The molecule has 1 aliphatic rings. The quantitative estimate of drug-likeness (QED) is 0.808. The molecule has 1 heterocycles. The van der Waals surface area contributed by atoms with Crippen LogP contribution in [0.2, 0.25) is 0 Å². The molecule has 0 spiro atoms. The van der Waals surface area contributed by atoms with Crippen molar-refractivity contribution in [1.82, 2.24) is 0 Å². The van der Waals surface area contributed by atoms with Crippen LogP contribution in [0.3, 0.4) is 0 Å². The Hall–Kier alpha value is -1.43. The molecule has 0 saturated carbocycles. The second kappa shape index (κ2) is 3.86. The molecule has 1 N–H and O–H groups in total. The normalized spacial score (nSPS) is 17.0. The van der Waals surface area contributed by atoms with Crippen LogP contribution in [0.1, 0.15) is 11.7 Å². The first-order valence-electron chi connectivity index (χ1n) is 4.63. The summed E-state index contributed by atoms with van der Waals surface area (Å²) in [6.45, 7) is 0.465. The van der Waals surface area contributed by atoms with Crippen LogP contribution in [-0.2, 0) is 0 Å². The molecule has 0 aliphatic carbocycles. The van der Waals surface area contributed by atoms with Crippen molar-refractivity contribution >= 4 is 0 Å². The summed E-state index contributed by atoms with van der Waals surface area (Å²) in [6, 6.07) is 4.06. The maximum Gasteiger partial charge on any atom is 0.418 e. The van der Waals surface area contributed by atoms with Crippen molar-refractivity contribution in [3.05, 3.63) is 23.8 Å². The lowest BCUT2D eigenvalue weighted by Crippen LogP contribution is -2.23. The lowest BCUT2D eigenvalue weighted by molar-refractivity contribution is -0.207. The molecule has 0 amide bonds. The van der Waals surface area contributed by atoms with Crippen molar-refractivity contribution in [3.63, 3.8) is 0 Å². The van der Waals surface area contributed by atoms with E-state index in [0.717, 1.165) is 0 Å². The fraction of sp³-hybridized carbons (Fsp3) is 0.400. The Morgan fingerprint density at radius 1 is 1.19 bits per heavy atom. The van der Waals surface area contributed by atoms with Crippen LogP contribution in [-0.4, -0.2) is 24.5 Å². The van der Waals surface area contributed by atoms with E-state index in [2.05, 4.69) is 0 Å². The second-order valence-electron chi connectivity index (χ2n) is 3.32. The molecule has 16 heavy (non-hydrogen) atoms. The van der Waals surface area contributed by atoms with Crippen LogP contribution in [0.5, 0.6) is 11.5 Å². The number of para-hydroxylation sites is 1. The van der Waals surface area contributed by atoms with Crippen LogP contribution in [0.15, 0.2) is 18.2 Å². The molecule has 88 valence electrons. The van der Waals surface area contributed by atoms with Gasteiger partial charge in [0.1, 0.15) is 13.2 Å². The lowest BCUT2D eigenvalue weighted by atomic mass is 10.1. The van der Waals surface area contributed by atoms with Crippen LogP contribution in [0, 0.1) is 0 Å². The third-order valence-electron chi connectivity index (χ3n) is 2.20. The summed E-state index contributed by atoms with van der Waals surface area (Å²) in [7, 11) is 0. The van der Waals surface area contributed by atoms with Gasteiger partial charge in [0.15, 0.2) is 17.6 Å². The van der Waals surface area contributed by atoms with Crippen molar-refractivity contribution in [1.29, 1.82) is 0 Å². The minimum Gasteiger partial charge on any atom is -0.486 e. The maximum absolute atomic E-state index is 12.4. The van der Waals surface area contributed by atoms with Gasteiger partial charge in [0.05, 0.1) is 0 Å². The van der Waals surface area contributed by atoms with Crippen molar-refractivity contribution in [2.45, 2.75) is 12.3 Å². The summed E-state index contributed by atoms with van der Waals surface area (Å²) in [5.74, 6) is 0.200. The van der Waals surface area contributed by atoms with E-state index in [0.29, 0.717) is 6.61 Å². The van der Waals surface area contributed by atoms with Gasteiger partial charge >= 0.3 is 6.18 Å². The first-order valence-corrected chi connectivity index (χ1v) is 4.63. The predicted octanol–water partition coefficient (Wildman–Crippen LogP) is 2.05. The molecule has 0 aromatic heterocycles. The number of halogens is 3. The molecule has 0 fully saturated rings. The number of alkyl halides is 3. The van der Waals surface area contributed by atoms with E-state index in [1.807, 2.05) is 0 Å². The van der Waals surface area contributed by atoms with Crippen molar-refractivity contribution in [2.24, 2.45) is 0 Å². The van der Waals surface area contributed by atoms with Gasteiger partial charge in [-0.1, -0.05) is 12.1 Å². The predicted molar refractivity (Wildman–Crippen MR) is 48.4 cm³/mol. The zero-order chi connectivity index (χ0) is 11.8. The molecule has 1 aromatic carbocycles. The standard InChI is InChI=1S/C10H9F3O3/c11-10(12,13)9(14)6-2-1-3-7-8(6)16-5-4-15-7/h1-3,9,14H,4-5H2/t9-/m0/s1. The van der Waals surface area contributed by atoms with Crippen LogP contribution < -0.4 is 9.47 Å². The average molecular weight is 234 g/mol. The summed E-state index contributed by atoms with van der Waals surface area (Å²) in [4.78, 5) is 0. The Kier molecular flexibility index (Phi) is 2.67. The summed E-state index contributed by atoms with van der Waals surface area (Å²) in [5.41, 5.74) is -0.315. The number of aliphatic hydroxyl groups excluding tert-OH is 1. The topological polar surface area (TPSA) is 38.7 Å². The molecule has 0 bridgehead atoms. The summed E-state index contributed by atoms with van der Waals surface area (Å²) < 4.78 is 47.3. The van der Waals surface area contributed by atoms with Gasteiger partial charge in [0.2, 0.25) is 0 Å². The number of ether oxygens (including phenoxy) is 2. The van der Waals surface area contributed by atoms with E-state index >= 15 is 0 Å². The van der Waals surface area contributed by atoms with Crippen molar-refractivity contribution in [2.75, 3.05) is 13.2 Å². The largest absolute Gasteiger partial charge is 0.486 e. The molecule has 1 atom stereocenters. The molecule has 1 aromatic rings. The maximum atomic E-state index is 12.4. The molecule has 1 aliphatic heterocycles. The molecule has 2 rings (SSSR count). The van der Waals surface area contributed by atoms with E-state index in [4.69, 9.17) is 14.6 Å². The van der Waals surface area contributed by atoms with Gasteiger partial charge in [-0.05, 0) is 6.07 Å². The highest BCUT2D eigenvalue weighted by atomic mass is 19.4. The highest BCUT2D eigenvalue weighted by Gasteiger charge is 2.41. The Morgan fingerprint density at radius 3 is 2.56 bits per heavy atom. The van der Waals surface area contributed by atoms with Crippen LogP contribution in [0.25, 0.3) is 0 Å². The van der Waals surface area contributed by atoms with E-state index in [1.165, 1.54) is 18.2 Å². The highest BCUT2D eigenvalue weighted by Crippen LogP contribution is 2.42. The van der Waals surface area contributed by atoms with E-state index in [1.54, 1.807) is 0 Å². The fourth-order valence-electron chi connectivity index (χ4n) is 1.49. The Labute approximate surface area is 89.4 Å². The summed E-state index contributed by atoms with van der Waals surface area (Å²) >= 11 is 0. The van der Waals surface area contributed by atoms with Gasteiger partial charge in [-0.2, -0.15) is 13.2 Å². The first-order chi connectivity index (χ1) is 7.50. The van der Waals surface area contributed by atoms with Gasteiger partial charge in [-0.3, -0.25) is 0 Å². The molecule has 0 radical (unpaired) electrons. The SMILES string of the molecule is O[C@@H](c1cccc2c1OCCO2)C(F)(F)F. The zero-order valence-corrected chi connectivity index (χ0v) is 8.12. The summed E-state index contributed by atoms with van der Waals surface area (Å²) in [5, 5.41) is 9.15. The Morgan fingerprint density at radius 2 is 1.88 bits per heavy atom. The minimum absolute atomic E-state index is 0.0291. The highest BCUT2D eigenvalue weighted by molar-refractivity contribution is 5.48. The third-order valence-corrected chi connectivity index (χ3v) is 2.20. The summed E-state index contributed by atoms with van der Waals surface area (Å²) in [6.07, 6.45) is -7.26. The fourth-order valence-corrected chi connectivity index (χ4v) is 1.49. The molecule has 0 unspecified atom stereocenters. The van der Waals surface area contributed by atoms with E-state index in [9.17, 15) is 13.2 Å². The number of hydrogen-bond donors (Lipinski definition) is 1. The van der Waals surface area contributed by atoms with Gasteiger partial charge in [-0.15, -0.1) is 0 Å². The number of benzene rings is 1. The van der Waals surface area contributed by atoms with E-state index < -0.39 is 12.3 Å². The number of hydrogen-bond acceptors (Lipinski definition) is 3. The van der Waals surface area contributed by atoms with E-state index in [-0.39, 0.29) is 23.7 Å². The van der Waals surface area contributed by atoms with Crippen LogP contribution >= 0.6 is 0 Å². The zero-order valence-electron chi connectivity index (χ0n) is 8.12. The molecule has 3 nitrogen and oxygen atoms in total. The monoisotopic (exact) mass is 234 g/mol. The Bertz CT molecular complexity index is 389. The van der Waals surface area contributed by atoms with Crippen molar-refractivity contribution in [3.8, 4) is 11.5 Å². The van der Waals surface area contributed by atoms with Crippen molar-refractivity contribution < 1.29 is 27.8 Å². The first kappa shape index (κ1) is 11.1. The lowest BCUT2D eigenvalue weighted by Gasteiger charge is -2.23. The molecular formula is C10H9F3O3. The molecule has 0 saturated heterocycles. The smallest absolute Gasteiger partial charge is 0.418 e. The Balaban J connectivity index is 2.41. The van der Waals surface area contributed by atoms with Gasteiger partial charge in [0, 0.05) is 5.56 Å². The molecular weight excluding hydrogens is 225 g/mol. The van der Waals surface area contributed by atoms with Gasteiger partial charge in [0.25, 0.3) is 0 Å². The number of aliphatic hydroxyl groups is 1. The van der Waals surface area contributed by atoms with Gasteiger partial charge < -0.3 is 14.6 Å². The third kappa shape index (κ3) is 1.92. The van der Waals surface area contributed by atoms with Crippen LogP contribution in [0.4, 0.5) is 13.2 Å². The number of fused-ring (bicyclic) bond motifs is 1. The number of rotatable bonds is 1. The second-order valence-corrected chi connectivity index (χ2v) is 3.32. The molecule has 6 heteroatoms. The average Bonchev–Trinajstić information content (AvgIpc) is 2.26.